The number of carbonyl (C=O) groups excluding carboxylic acids is 1. The van der Waals surface area contributed by atoms with Crippen molar-refractivity contribution in [1.82, 2.24) is 34.9 Å². The molecule has 2 aromatic heterocycles. The SMILES string of the molecule is Cn1ccnc1C1CNCCN1CC(=O)NCCc1cnn(-c2ccccc2)c1. The molecule has 3 heterocycles. The first-order chi connectivity index (χ1) is 14.2. The van der Waals surface area contributed by atoms with Crippen LogP contribution in [0, 0.1) is 0 Å². The molecule has 0 aliphatic carbocycles. The van der Waals surface area contributed by atoms with Crippen LogP contribution in [0.25, 0.3) is 5.69 Å². The van der Waals surface area contributed by atoms with Crippen molar-refractivity contribution in [3.05, 3.63) is 66.5 Å². The van der Waals surface area contributed by atoms with Crippen molar-refractivity contribution in [2.24, 2.45) is 7.05 Å². The predicted molar refractivity (Wildman–Crippen MR) is 111 cm³/mol. The summed E-state index contributed by atoms with van der Waals surface area (Å²) < 4.78 is 3.88. The standard InChI is InChI=1S/C21H27N7O/c1-26-11-10-24-21(26)19-14-22-9-12-27(19)16-20(29)23-8-7-17-13-25-28(15-17)18-5-3-2-4-6-18/h2-6,10-11,13,15,19,22H,7-9,12,14,16H2,1H3,(H,23,29). The van der Waals surface area contributed by atoms with Gasteiger partial charge in [0.05, 0.1) is 24.5 Å². The van der Waals surface area contributed by atoms with E-state index in [0.29, 0.717) is 13.1 Å². The summed E-state index contributed by atoms with van der Waals surface area (Å²) in [6.07, 6.45) is 8.36. The van der Waals surface area contributed by atoms with Gasteiger partial charge in [-0.25, -0.2) is 9.67 Å². The van der Waals surface area contributed by atoms with Gasteiger partial charge in [-0.05, 0) is 24.1 Å². The minimum atomic E-state index is 0.0431. The molecular formula is C21H27N7O. The zero-order valence-electron chi connectivity index (χ0n) is 16.7. The monoisotopic (exact) mass is 393 g/mol. The molecule has 1 fully saturated rings. The van der Waals surface area contributed by atoms with Gasteiger partial charge >= 0.3 is 0 Å². The summed E-state index contributed by atoms with van der Waals surface area (Å²) in [7, 11) is 1.99. The van der Waals surface area contributed by atoms with Crippen molar-refractivity contribution in [1.29, 1.82) is 0 Å². The molecule has 1 saturated heterocycles. The van der Waals surface area contributed by atoms with Gasteiger partial charge in [-0.1, -0.05) is 18.2 Å². The Morgan fingerprint density at radius 2 is 2.17 bits per heavy atom. The van der Waals surface area contributed by atoms with Gasteiger partial charge in [-0.2, -0.15) is 5.10 Å². The molecule has 8 nitrogen and oxygen atoms in total. The van der Waals surface area contributed by atoms with E-state index in [1.54, 1.807) is 6.20 Å². The number of piperazine rings is 1. The highest BCUT2D eigenvalue weighted by Gasteiger charge is 2.28. The third-order valence-electron chi connectivity index (χ3n) is 5.25. The summed E-state index contributed by atoms with van der Waals surface area (Å²) in [6, 6.07) is 10.1. The largest absolute Gasteiger partial charge is 0.355 e. The average Bonchev–Trinajstić information content (AvgIpc) is 3.38. The number of rotatable bonds is 7. The summed E-state index contributed by atoms with van der Waals surface area (Å²) >= 11 is 0. The van der Waals surface area contributed by atoms with Crippen LogP contribution in [0.1, 0.15) is 17.4 Å². The Balaban J connectivity index is 1.28. The number of amides is 1. The highest BCUT2D eigenvalue weighted by molar-refractivity contribution is 5.78. The summed E-state index contributed by atoms with van der Waals surface area (Å²) in [4.78, 5) is 19.2. The Kier molecular flexibility index (Phi) is 6.02. The number of nitrogens with zero attached hydrogens (tertiary/aromatic N) is 5. The molecule has 1 unspecified atom stereocenters. The Hall–Kier alpha value is -2.97. The van der Waals surface area contributed by atoms with Gasteiger partial charge in [0.25, 0.3) is 0 Å². The number of aryl methyl sites for hydroxylation is 1. The molecule has 4 rings (SSSR count). The van der Waals surface area contributed by atoms with Crippen molar-refractivity contribution in [2.75, 3.05) is 32.7 Å². The lowest BCUT2D eigenvalue weighted by molar-refractivity contribution is -0.123. The van der Waals surface area contributed by atoms with E-state index in [-0.39, 0.29) is 11.9 Å². The minimum Gasteiger partial charge on any atom is -0.355 e. The van der Waals surface area contributed by atoms with Crippen molar-refractivity contribution in [3.8, 4) is 5.69 Å². The van der Waals surface area contributed by atoms with E-state index in [2.05, 4.69) is 25.6 Å². The molecule has 1 amide bonds. The van der Waals surface area contributed by atoms with Crippen LogP contribution in [0.5, 0.6) is 0 Å². The van der Waals surface area contributed by atoms with E-state index in [9.17, 15) is 4.79 Å². The van der Waals surface area contributed by atoms with E-state index in [0.717, 1.165) is 43.1 Å². The summed E-state index contributed by atoms with van der Waals surface area (Å²) in [5, 5.41) is 10.8. The van der Waals surface area contributed by atoms with E-state index in [4.69, 9.17) is 0 Å². The lowest BCUT2D eigenvalue weighted by Crippen LogP contribution is -2.50. The van der Waals surface area contributed by atoms with Crippen LogP contribution in [-0.4, -0.2) is 62.9 Å². The molecular weight excluding hydrogens is 366 g/mol. The average molecular weight is 393 g/mol. The van der Waals surface area contributed by atoms with Gasteiger partial charge in [0.1, 0.15) is 5.82 Å². The maximum atomic E-state index is 12.5. The molecule has 0 spiro atoms. The quantitative estimate of drug-likeness (QED) is 0.624. The number of hydrogen-bond acceptors (Lipinski definition) is 5. The van der Waals surface area contributed by atoms with Crippen molar-refractivity contribution in [3.63, 3.8) is 0 Å². The first-order valence-electron chi connectivity index (χ1n) is 9.98. The van der Waals surface area contributed by atoms with Crippen LogP contribution < -0.4 is 10.6 Å². The van der Waals surface area contributed by atoms with Crippen LogP contribution in [0.4, 0.5) is 0 Å². The van der Waals surface area contributed by atoms with Gasteiger partial charge in [-0.3, -0.25) is 9.69 Å². The zero-order valence-corrected chi connectivity index (χ0v) is 16.7. The number of imidazole rings is 1. The number of nitrogens with one attached hydrogen (secondary N) is 2. The first kappa shape index (κ1) is 19.4. The second-order valence-corrected chi connectivity index (χ2v) is 7.32. The van der Waals surface area contributed by atoms with Gasteiger partial charge in [0.2, 0.25) is 5.91 Å². The van der Waals surface area contributed by atoms with E-state index in [1.807, 2.05) is 65.2 Å². The van der Waals surface area contributed by atoms with E-state index >= 15 is 0 Å². The third kappa shape index (κ3) is 4.72. The molecule has 8 heteroatoms. The number of aromatic nitrogens is 4. The first-order valence-corrected chi connectivity index (χ1v) is 9.98. The molecule has 3 aromatic rings. The molecule has 1 aliphatic rings. The normalized spacial score (nSPS) is 17.3. The lowest BCUT2D eigenvalue weighted by Gasteiger charge is -2.35. The van der Waals surface area contributed by atoms with Crippen molar-refractivity contribution in [2.45, 2.75) is 12.5 Å². The van der Waals surface area contributed by atoms with Crippen LogP contribution >= 0.6 is 0 Å². The Morgan fingerprint density at radius 1 is 1.31 bits per heavy atom. The van der Waals surface area contributed by atoms with Gasteiger partial charge in [-0.15, -0.1) is 0 Å². The summed E-state index contributed by atoms with van der Waals surface area (Å²) in [6.45, 7) is 3.49. The van der Waals surface area contributed by atoms with Crippen LogP contribution in [0.3, 0.4) is 0 Å². The number of para-hydroxylation sites is 1. The molecule has 1 aromatic carbocycles. The molecule has 0 bridgehead atoms. The van der Waals surface area contributed by atoms with Gasteiger partial charge in [0.15, 0.2) is 0 Å². The number of hydrogen-bond donors (Lipinski definition) is 2. The van der Waals surface area contributed by atoms with Gasteiger partial charge < -0.3 is 15.2 Å². The van der Waals surface area contributed by atoms with Gasteiger partial charge in [0, 0.05) is 51.8 Å². The third-order valence-corrected chi connectivity index (χ3v) is 5.25. The number of carbonyl (C=O) groups is 1. The zero-order chi connectivity index (χ0) is 20.1. The number of benzene rings is 1. The highest BCUT2D eigenvalue weighted by Crippen LogP contribution is 2.19. The van der Waals surface area contributed by atoms with Crippen molar-refractivity contribution < 1.29 is 4.79 Å². The van der Waals surface area contributed by atoms with Crippen LogP contribution in [0.2, 0.25) is 0 Å². The molecule has 0 saturated carbocycles. The Bertz CT molecular complexity index is 933. The topological polar surface area (TPSA) is 80.0 Å². The minimum absolute atomic E-state index is 0.0431. The highest BCUT2D eigenvalue weighted by atomic mass is 16.2. The fourth-order valence-electron chi connectivity index (χ4n) is 3.69. The molecule has 0 radical (unpaired) electrons. The second-order valence-electron chi connectivity index (χ2n) is 7.32. The van der Waals surface area contributed by atoms with E-state index < -0.39 is 0 Å². The Labute approximate surface area is 170 Å². The molecule has 1 atom stereocenters. The fourth-order valence-corrected chi connectivity index (χ4v) is 3.69. The van der Waals surface area contributed by atoms with E-state index in [1.165, 1.54) is 0 Å². The predicted octanol–water partition coefficient (Wildman–Crippen LogP) is 0.911. The maximum Gasteiger partial charge on any atom is 0.234 e. The van der Waals surface area contributed by atoms with Crippen molar-refractivity contribution >= 4 is 5.91 Å². The summed E-state index contributed by atoms with van der Waals surface area (Å²) in [5.74, 6) is 1.03. The molecule has 152 valence electrons. The fraction of sp³-hybridized carbons (Fsp3) is 0.381. The smallest absolute Gasteiger partial charge is 0.234 e. The molecule has 1 aliphatic heterocycles. The second kappa shape index (κ2) is 9.02. The maximum absolute atomic E-state index is 12.5. The van der Waals surface area contributed by atoms with Crippen LogP contribution in [-0.2, 0) is 18.3 Å². The van der Waals surface area contributed by atoms with Crippen LogP contribution in [0.15, 0.2) is 55.1 Å². The summed E-state index contributed by atoms with van der Waals surface area (Å²) in [5.41, 5.74) is 2.13. The lowest BCUT2D eigenvalue weighted by atomic mass is 10.1. The Morgan fingerprint density at radius 3 is 2.97 bits per heavy atom. The molecule has 29 heavy (non-hydrogen) atoms. The molecule has 2 N–H and O–H groups in total.